The number of nitrogens with zero attached hydrogens (tertiary/aromatic N) is 1. The number of thioether (sulfide) groups is 1. The van der Waals surface area contributed by atoms with Gasteiger partial charge in [0, 0.05) is 18.6 Å². The molecule has 1 amide bonds. The predicted octanol–water partition coefficient (Wildman–Crippen LogP) is 1.08. The van der Waals surface area contributed by atoms with E-state index in [4.69, 9.17) is 5.73 Å². The monoisotopic (exact) mass is 216 g/mol. The van der Waals surface area contributed by atoms with Crippen LogP contribution in [-0.2, 0) is 4.79 Å². The highest BCUT2D eigenvalue weighted by Crippen LogP contribution is 2.22. The van der Waals surface area contributed by atoms with Crippen LogP contribution >= 0.6 is 11.8 Å². The van der Waals surface area contributed by atoms with E-state index in [0.29, 0.717) is 18.3 Å². The van der Waals surface area contributed by atoms with Crippen molar-refractivity contribution in [2.45, 2.75) is 38.3 Å². The van der Waals surface area contributed by atoms with Crippen LogP contribution in [-0.4, -0.2) is 41.4 Å². The van der Waals surface area contributed by atoms with Gasteiger partial charge in [0.05, 0.1) is 5.75 Å². The maximum Gasteiger partial charge on any atom is 0.233 e. The predicted molar refractivity (Wildman–Crippen MR) is 61.4 cm³/mol. The molecule has 3 nitrogen and oxygen atoms in total. The van der Waals surface area contributed by atoms with Gasteiger partial charge in [-0.2, -0.15) is 11.8 Å². The molecule has 82 valence electrons. The molecule has 0 aromatic carbocycles. The van der Waals surface area contributed by atoms with Crippen LogP contribution < -0.4 is 5.73 Å². The summed E-state index contributed by atoms with van der Waals surface area (Å²) in [5.74, 6) is 0.834. The largest absolute Gasteiger partial charge is 0.335 e. The summed E-state index contributed by atoms with van der Waals surface area (Å²) >= 11 is 1.59. The molecule has 0 aromatic heterocycles. The second-order valence-electron chi connectivity index (χ2n) is 3.90. The minimum Gasteiger partial charge on any atom is -0.335 e. The summed E-state index contributed by atoms with van der Waals surface area (Å²) in [4.78, 5) is 13.8. The third kappa shape index (κ3) is 2.64. The third-order valence-corrected chi connectivity index (χ3v) is 3.39. The Morgan fingerprint density at radius 3 is 2.86 bits per heavy atom. The molecule has 2 N–H and O–H groups in total. The van der Waals surface area contributed by atoms with Crippen molar-refractivity contribution in [3.8, 4) is 0 Å². The maximum absolute atomic E-state index is 11.8. The Bertz CT molecular complexity index is 199. The molecule has 14 heavy (non-hydrogen) atoms. The summed E-state index contributed by atoms with van der Waals surface area (Å²) in [6, 6.07) is 0.648. The van der Waals surface area contributed by atoms with Gasteiger partial charge in [0.15, 0.2) is 0 Å². The normalized spacial score (nSPS) is 27.8. The summed E-state index contributed by atoms with van der Waals surface area (Å²) in [7, 11) is 0. The van der Waals surface area contributed by atoms with Crippen LogP contribution in [0.3, 0.4) is 0 Å². The zero-order valence-electron chi connectivity index (χ0n) is 9.03. The Labute approximate surface area is 90.4 Å². The van der Waals surface area contributed by atoms with Gasteiger partial charge >= 0.3 is 0 Å². The van der Waals surface area contributed by atoms with E-state index in [1.54, 1.807) is 11.8 Å². The lowest BCUT2D eigenvalue weighted by Gasteiger charge is -2.40. The first-order valence-corrected chi connectivity index (χ1v) is 6.60. The van der Waals surface area contributed by atoms with Crippen molar-refractivity contribution in [2.75, 3.05) is 18.6 Å². The van der Waals surface area contributed by atoms with E-state index < -0.39 is 0 Å². The molecule has 1 aliphatic heterocycles. The number of likely N-dealkylation sites (tertiary alicyclic amines) is 1. The minimum atomic E-state index is 0.250. The van der Waals surface area contributed by atoms with Crippen LogP contribution in [0.1, 0.15) is 26.2 Å². The molecule has 2 unspecified atom stereocenters. The topological polar surface area (TPSA) is 46.3 Å². The number of hydrogen-bond donors (Lipinski definition) is 1. The minimum absolute atomic E-state index is 0.250. The fraction of sp³-hybridized carbons (Fsp3) is 0.900. The molecule has 0 saturated carbocycles. The summed E-state index contributed by atoms with van der Waals surface area (Å²) in [5, 5.41) is 0. The molecule has 4 heteroatoms. The van der Waals surface area contributed by atoms with Crippen LogP contribution in [0.5, 0.6) is 0 Å². The van der Waals surface area contributed by atoms with Crippen LogP contribution in [0.2, 0.25) is 0 Å². The van der Waals surface area contributed by atoms with E-state index >= 15 is 0 Å². The summed E-state index contributed by atoms with van der Waals surface area (Å²) in [6.45, 7) is 2.73. The lowest BCUT2D eigenvalue weighted by molar-refractivity contribution is -0.134. The lowest BCUT2D eigenvalue weighted by Crippen LogP contribution is -2.52. The Morgan fingerprint density at radius 1 is 1.57 bits per heavy atom. The van der Waals surface area contributed by atoms with Gasteiger partial charge in [-0.1, -0.05) is 0 Å². The van der Waals surface area contributed by atoms with Gasteiger partial charge in [-0.05, 0) is 32.4 Å². The van der Waals surface area contributed by atoms with Gasteiger partial charge in [-0.15, -0.1) is 0 Å². The highest BCUT2D eigenvalue weighted by atomic mass is 32.2. The molecule has 0 bridgehead atoms. The van der Waals surface area contributed by atoms with Gasteiger partial charge < -0.3 is 10.6 Å². The standard InChI is InChI=1S/C10H20N2OS/c1-8-4-3-5-9(6-11)12(8)10(13)7-14-2/h8-9H,3-7,11H2,1-2H3. The first kappa shape index (κ1) is 11.9. The Kier molecular flexibility index (Phi) is 4.75. The van der Waals surface area contributed by atoms with Crippen LogP contribution in [0, 0.1) is 0 Å². The first-order chi connectivity index (χ1) is 6.70. The van der Waals surface area contributed by atoms with Crippen molar-refractivity contribution in [3.05, 3.63) is 0 Å². The van der Waals surface area contributed by atoms with E-state index in [1.807, 2.05) is 11.2 Å². The van der Waals surface area contributed by atoms with E-state index in [0.717, 1.165) is 12.8 Å². The number of nitrogens with two attached hydrogens (primary N) is 1. The van der Waals surface area contributed by atoms with Gasteiger partial charge in [-0.25, -0.2) is 0 Å². The number of carbonyl (C=O) groups is 1. The summed E-state index contributed by atoms with van der Waals surface area (Å²) in [6.07, 6.45) is 5.35. The molecule has 0 radical (unpaired) electrons. The molecule has 0 aromatic rings. The number of amides is 1. The van der Waals surface area contributed by atoms with Crippen molar-refractivity contribution < 1.29 is 4.79 Å². The molecular formula is C10H20N2OS. The Morgan fingerprint density at radius 2 is 2.29 bits per heavy atom. The van der Waals surface area contributed by atoms with Crippen molar-refractivity contribution in [3.63, 3.8) is 0 Å². The number of rotatable bonds is 3. The fourth-order valence-electron chi connectivity index (χ4n) is 2.17. The van der Waals surface area contributed by atoms with Crippen LogP contribution in [0.25, 0.3) is 0 Å². The second-order valence-corrected chi connectivity index (χ2v) is 4.77. The maximum atomic E-state index is 11.8. The molecular weight excluding hydrogens is 196 g/mol. The van der Waals surface area contributed by atoms with Gasteiger partial charge in [0.1, 0.15) is 0 Å². The quantitative estimate of drug-likeness (QED) is 0.768. The van der Waals surface area contributed by atoms with E-state index in [9.17, 15) is 4.79 Å². The number of carbonyl (C=O) groups excluding carboxylic acids is 1. The molecule has 1 fully saturated rings. The van der Waals surface area contributed by atoms with Crippen molar-refractivity contribution in [1.29, 1.82) is 0 Å². The molecule has 1 rings (SSSR count). The van der Waals surface area contributed by atoms with Crippen LogP contribution in [0.4, 0.5) is 0 Å². The zero-order chi connectivity index (χ0) is 10.6. The van der Waals surface area contributed by atoms with Gasteiger partial charge in [-0.3, -0.25) is 4.79 Å². The molecule has 1 saturated heterocycles. The SMILES string of the molecule is CSCC(=O)N1C(C)CCCC1CN. The van der Waals surface area contributed by atoms with Gasteiger partial charge in [0.25, 0.3) is 0 Å². The van der Waals surface area contributed by atoms with Gasteiger partial charge in [0.2, 0.25) is 5.91 Å². The van der Waals surface area contributed by atoms with Crippen molar-refractivity contribution in [2.24, 2.45) is 5.73 Å². The molecule has 1 aliphatic rings. The van der Waals surface area contributed by atoms with Crippen molar-refractivity contribution >= 4 is 17.7 Å². The first-order valence-electron chi connectivity index (χ1n) is 5.20. The number of piperidine rings is 1. The highest BCUT2D eigenvalue weighted by Gasteiger charge is 2.30. The van der Waals surface area contributed by atoms with E-state index in [2.05, 4.69) is 6.92 Å². The average Bonchev–Trinajstić information content (AvgIpc) is 2.17. The Balaban J connectivity index is 2.63. The molecule has 0 spiro atoms. The highest BCUT2D eigenvalue weighted by molar-refractivity contribution is 7.99. The fourth-order valence-corrected chi connectivity index (χ4v) is 2.56. The van der Waals surface area contributed by atoms with Crippen LogP contribution in [0.15, 0.2) is 0 Å². The number of hydrogen-bond acceptors (Lipinski definition) is 3. The van der Waals surface area contributed by atoms with Crippen molar-refractivity contribution in [1.82, 2.24) is 4.90 Å². The smallest absolute Gasteiger partial charge is 0.233 e. The van der Waals surface area contributed by atoms with E-state index in [-0.39, 0.29) is 11.9 Å². The Hall–Kier alpha value is -0.220. The lowest BCUT2D eigenvalue weighted by atomic mass is 9.96. The molecule has 0 aliphatic carbocycles. The zero-order valence-corrected chi connectivity index (χ0v) is 9.85. The second kappa shape index (κ2) is 5.61. The summed E-state index contributed by atoms with van der Waals surface area (Å²) in [5.41, 5.74) is 5.69. The summed E-state index contributed by atoms with van der Waals surface area (Å²) < 4.78 is 0. The van der Waals surface area contributed by atoms with E-state index in [1.165, 1.54) is 6.42 Å². The average molecular weight is 216 g/mol. The third-order valence-electron chi connectivity index (χ3n) is 2.86. The molecule has 1 heterocycles. The molecule has 2 atom stereocenters.